The zero-order chi connectivity index (χ0) is 15.7. The molecule has 0 bridgehead atoms. The Labute approximate surface area is 121 Å². The van der Waals surface area contributed by atoms with Crippen LogP contribution in [0.15, 0.2) is 35.5 Å². The van der Waals surface area contributed by atoms with Crippen LogP contribution in [0, 0.1) is 0 Å². The molecule has 0 saturated carbocycles. The van der Waals surface area contributed by atoms with Gasteiger partial charge in [-0.1, -0.05) is 12.7 Å². The molecule has 2 aliphatic rings. The second kappa shape index (κ2) is 5.39. The maximum atomic E-state index is 12.3. The maximum absolute atomic E-state index is 12.3. The maximum Gasteiger partial charge on any atom is 0.264 e. The van der Waals surface area contributed by atoms with Gasteiger partial charge in [-0.2, -0.15) is 0 Å². The molecule has 2 aliphatic heterocycles. The third-order valence-corrected chi connectivity index (χ3v) is 3.30. The van der Waals surface area contributed by atoms with Crippen LogP contribution in [0.25, 0.3) is 0 Å². The molecule has 0 aromatic rings. The number of hydrogen-bond donors (Lipinski definition) is 2. The predicted octanol–water partition coefficient (Wildman–Crippen LogP) is -1.39. The summed E-state index contributed by atoms with van der Waals surface area (Å²) in [4.78, 5) is 48.2. The molecule has 0 aromatic carbocycles. The Kier molecular flexibility index (Phi) is 3.79. The Hall–Kier alpha value is -2.64. The number of amides is 4. The van der Waals surface area contributed by atoms with Crippen LogP contribution in [0.4, 0.5) is 0 Å². The van der Waals surface area contributed by atoms with Gasteiger partial charge in [-0.25, -0.2) is 0 Å². The lowest BCUT2D eigenvalue weighted by molar-refractivity contribution is -0.149. The minimum absolute atomic E-state index is 0.00403. The highest BCUT2D eigenvalue weighted by atomic mass is 16.2. The molecular formula is C13H12BN3O4. The van der Waals surface area contributed by atoms with Gasteiger partial charge in [-0.15, -0.1) is 5.98 Å². The normalized spacial score (nSPS) is 25.8. The monoisotopic (exact) mass is 285 g/mol. The van der Waals surface area contributed by atoms with Gasteiger partial charge in [0.05, 0.1) is 5.57 Å². The summed E-state index contributed by atoms with van der Waals surface area (Å²) in [5, 5.41) is 2.10. The number of rotatable bonds is 2. The summed E-state index contributed by atoms with van der Waals surface area (Å²) in [6, 6.07) is -1.04. The molecule has 1 atom stereocenters. The van der Waals surface area contributed by atoms with Crippen LogP contribution < -0.4 is 11.1 Å². The topological polar surface area (TPSA) is 110 Å². The van der Waals surface area contributed by atoms with E-state index in [1.54, 1.807) is 0 Å². The lowest BCUT2D eigenvalue weighted by Crippen LogP contribution is -2.54. The molecule has 0 spiro atoms. The predicted molar refractivity (Wildman–Crippen MR) is 73.3 cm³/mol. The van der Waals surface area contributed by atoms with Crippen molar-refractivity contribution in [3.8, 4) is 0 Å². The number of carbonyl (C=O) groups is 4. The van der Waals surface area contributed by atoms with Crippen molar-refractivity contribution in [3.05, 3.63) is 35.5 Å². The average Bonchev–Trinajstić information content (AvgIpc) is 2.62. The van der Waals surface area contributed by atoms with Crippen LogP contribution >= 0.6 is 0 Å². The standard InChI is InChI=1S/C13H12BN3O4/c1-6-10(7(15)4-5-14)13(21)17(12(6)20)8-2-3-9(18)16-11(8)19/h4-5,8H,1-3,15H2,(H,16,18,19)/b5-4+,10-7-. The number of carbonyl (C=O) groups excluding carboxylic acids is 4. The third-order valence-electron chi connectivity index (χ3n) is 3.30. The van der Waals surface area contributed by atoms with Crippen LogP contribution in [-0.4, -0.2) is 42.4 Å². The van der Waals surface area contributed by atoms with Gasteiger partial charge in [0.1, 0.15) is 13.9 Å². The number of nitrogens with two attached hydrogens (primary N) is 1. The summed E-state index contributed by atoms with van der Waals surface area (Å²) in [5.41, 5.74) is 5.50. The van der Waals surface area contributed by atoms with Gasteiger partial charge in [0, 0.05) is 17.7 Å². The first kappa shape index (κ1) is 14.8. The number of likely N-dealkylation sites (tertiary alicyclic amines) is 1. The van der Waals surface area contributed by atoms with Gasteiger partial charge >= 0.3 is 0 Å². The fraction of sp³-hybridized carbons (Fsp3) is 0.231. The van der Waals surface area contributed by atoms with Gasteiger partial charge in [0.25, 0.3) is 11.8 Å². The van der Waals surface area contributed by atoms with Gasteiger partial charge in [-0.05, 0) is 6.42 Å². The molecular weight excluding hydrogens is 273 g/mol. The molecule has 8 heteroatoms. The third kappa shape index (κ3) is 2.40. The van der Waals surface area contributed by atoms with Crippen molar-refractivity contribution in [1.82, 2.24) is 10.2 Å². The first-order chi connectivity index (χ1) is 9.88. The summed E-state index contributed by atoms with van der Waals surface area (Å²) >= 11 is 0. The second-order valence-corrected chi connectivity index (χ2v) is 4.62. The molecule has 1 unspecified atom stereocenters. The number of nitrogens with one attached hydrogen (secondary N) is 1. The van der Waals surface area contributed by atoms with Crippen molar-refractivity contribution in [2.45, 2.75) is 18.9 Å². The van der Waals surface area contributed by atoms with E-state index < -0.39 is 29.7 Å². The fourth-order valence-electron chi connectivity index (χ4n) is 2.29. The largest absolute Gasteiger partial charge is 0.398 e. The number of allylic oxidation sites excluding steroid dienone is 1. The lowest BCUT2D eigenvalue weighted by Gasteiger charge is -2.27. The van der Waals surface area contributed by atoms with Crippen LogP contribution in [-0.2, 0) is 19.2 Å². The van der Waals surface area contributed by atoms with E-state index in [1.165, 1.54) is 6.08 Å². The number of piperidine rings is 1. The van der Waals surface area contributed by atoms with Gasteiger partial charge in [-0.3, -0.25) is 29.4 Å². The van der Waals surface area contributed by atoms with Crippen molar-refractivity contribution in [2.24, 2.45) is 5.73 Å². The van der Waals surface area contributed by atoms with E-state index in [0.29, 0.717) is 0 Å². The van der Waals surface area contributed by atoms with Crippen molar-refractivity contribution < 1.29 is 19.2 Å². The molecule has 3 N–H and O–H groups in total. The smallest absolute Gasteiger partial charge is 0.264 e. The quantitative estimate of drug-likeness (QED) is 0.369. The van der Waals surface area contributed by atoms with E-state index in [1.807, 2.05) is 0 Å². The minimum atomic E-state index is -1.04. The summed E-state index contributed by atoms with van der Waals surface area (Å²) in [6.45, 7) is 3.53. The van der Waals surface area contributed by atoms with Crippen LogP contribution in [0.1, 0.15) is 12.8 Å². The highest BCUT2D eigenvalue weighted by molar-refractivity contribution is 6.26. The zero-order valence-electron chi connectivity index (χ0n) is 11.1. The van der Waals surface area contributed by atoms with Crippen molar-refractivity contribution in [1.29, 1.82) is 0 Å². The molecule has 0 aromatic heterocycles. The second-order valence-electron chi connectivity index (χ2n) is 4.62. The van der Waals surface area contributed by atoms with Gasteiger partial charge in [0.2, 0.25) is 11.8 Å². The van der Waals surface area contributed by atoms with Crippen LogP contribution in [0.3, 0.4) is 0 Å². The Morgan fingerprint density at radius 2 is 2.00 bits per heavy atom. The number of imide groups is 2. The van der Waals surface area contributed by atoms with Crippen molar-refractivity contribution >= 4 is 31.5 Å². The molecule has 0 aliphatic carbocycles. The van der Waals surface area contributed by atoms with E-state index in [4.69, 9.17) is 13.6 Å². The SMILES string of the molecule is [B]/C=C/C(N)=C1\C(=C)C(=O)N(C2CCC(=O)NC2=O)C1=O. The van der Waals surface area contributed by atoms with Crippen LogP contribution in [0.2, 0.25) is 0 Å². The van der Waals surface area contributed by atoms with Crippen molar-refractivity contribution in [2.75, 3.05) is 0 Å². The van der Waals surface area contributed by atoms with Gasteiger partial charge < -0.3 is 5.73 Å². The van der Waals surface area contributed by atoms with Gasteiger partial charge in [0.15, 0.2) is 0 Å². The lowest BCUT2D eigenvalue weighted by atomic mass is 10.0. The highest BCUT2D eigenvalue weighted by Crippen LogP contribution is 2.29. The summed E-state index contributed by atoms with van der Waals surface area (Å²) < 4.78 is 0. The Bertz CT molecular complexity index is 635. The molecule has 106 valence electrons. The summed E-state index contributed by atoms with van der Waals surface area (Å²) in [5.74, 6) is -1.40. The summed E-state index contributed by atoms with van der Waals surface area (Å²) in [7, 11) is 5.20. The molecule has 21 heavy (non-hydrogen) atoms. The van der Waals surface area contributed by atoms with E-state index in [-0.39, 0.29) is 29.7 Å². The number of nitrogens with zero attached hydrogens (tertiary/aromatic N) is 1. The van der Waals surface area contributed by atoms with E-state index >= 15 is 0 Å². The van der Waals surface area contributed by atoms with Crippen molar-refractivity contribution in [3.63, 3.8) is 0 Å². The van der Waals surface area contributed by atoms with E-state index in [9.17, 15) is 19.2 Å². The highest BCUT2D eigenvalue weighted by Gasteiger charge is 2.46. The Balaban J connectivity index is 2.39. The molecule has 2 radical (unpaired) electrons. The minimum Gasteiger partial charge on any atom is -0.398 e. The first-order valence-corrected chi connectivity index (χ1v) is 6.17. The molecule has 2 saturated heterocycles. The average molecular weight is 285 g/mol. The zero-order valence-corrected chi connectivity index (χ0v) is 11.1. The first-order valence-electron chi connectivity index (χ1n) is 6.17. The fourth-order valence-corrected chi connectivity index (χ4v) is 2.29. The van der Waals surface area contributed by atoms with E-state index in [2.05, 4.69) is 11.9 Å². The molecule has 7 nitrogen and oxygen atoms in total. The van der Waals surface area contributed by atoms with Crippen LogP contribution in [0.5, 0.6) is 0 Å². The Morgan fingerprint density at radius 3 is 2.57 bits per heavy atom. The molecule has 2 fully saturated rings. The van der Waals surface area contributed by atoms with E-state index in [0.717, 1.165) is 10.9 Å². The Morgan fingerprint density at radius 1 is 1.33 bits per heavy atom. The number of hydrogen-bond acceptors (Lipinski definition) is 5. The molecule has 2 rings (SSSR count). The summed E-state index contributed by atoms with van der Waals surface area (Å²) in [6.07, 6.45) is 1.40. The molecule has 2 heterocycles. The molecule has 4 amide bonds.